The zero-order chi connectivity index (χ0) is 16.1. The van der Waals surface area contributed by atoms with E-state index in [2.05, 4.69) is 66.5 Å². The van der Waals surface area contributed by atoms with Gasteiger partial charge in [-0.05, 0) is 44.7 Å². The van der Waals surface area contributed by atoms with Crippen molar-refractivity contribution in [3.8, 4) is 0 Å². The lowest BCUT2D eigenvalue weighted by molar-refractivity contribution is 0.758. The summed E-state index contributed by atoms with van der Waals surface area (Å²) in [5.41, 5.74) is 4.56. The molecule has 0 radical (unpaired) electrons. The van der Waals surface area contributed by atoms with Gasteiger partial charge in [-0.2, -0.15) is 4.98 Å². The molecule has 0 saturated carbocycles. The van der Waals surface area contributed by atoms with E-state index < -0.39 is 0 Å². The molecule has 0 aliphatic rings. The molecule has 0 fully saturated rings. The van der Waals surface area contributed by atoms with Crippen LogP contribution >= 0.6 is 0 Å². The first-order valence-electron chi connectivity index (χ1n) is 8.01. The third-order valence-corrected chi connectivity index (χ3v) is 3.84. The van der Waals surface area contributed by atoms with Crippen LogP contribution in [0.1, 0.15) is 44.0 Å². The number of para-hydroxylation sites is 1. The summed E-state index contributed by atoms with van der Waals surface area (Å²) >= 11 is 0. The fourth-order valence-electron chi connectivity index (χ4n) is 2.37. The van der Waals surface area contributed by atoms with Crippen LogP contribution < -0.4 is 10.6 Å². The Morgan fingerprint density at radius 3 is 2.59 bits per heavy atom. The van der Waals surface area contributed by atoms with E-state index in [0.717, 1.165) is 30.0 Å². The molecule has 0 aliphatic heterocycles. The lowest BCUT2D eigenvalue weighted by atomic mass is 10.1. The average Bonchev–Trinajstić information content (AvgIpc) is 2.48. The topological polar surface area (TPSA) is 49.8 Å². The van der Waals surface area contributed by atoms with Gasteiger partial charge in [-0.15, -0.1) is 0 Å². The second-order valence-corrected chi connectivity index (χ2v) is 5.76. The minimum absolute atomic E-state index is 0.395. The van der Waals surface area contributed by atoms with Crippen molar-refractivity contribution in [1.82, 2.24) is 9.97 Å². The Labute approximate surface area is 133 Å². The molecule has 2 aromatic rings. The van der Waals surface area contributed by atoms with Gasteiger partial charge in [-0.3, -0.25) is 0 Å². The second-order valence-electron chi connectivity index (χ2n) is 5.76. The van der Waals surface area contributed by atoms with Gasteiger partial charge in [0.1, 0.15) is 5.82 Å². The molecule has 4 heteroatoms. The predicted molar refractivity (Wildman–Crippen MR) is 94.0 cm³/mol. The minimum atomic E-state index is 0.395. The number of nitrogens with zero attached hydrogens (tertiary/aromatic N) is 2. The molecule has 0 spiro atoms. The molecule has 118 valence electrons. The second kappa shape index (κ2) is 7.25. The standard InChI is InChI=1S/C18H26N4/c1-6-13(4)19-16-11-14(5)20-18(21-16)22-17-12(3)9-8-10-15(17)7-2/h8-11,13H,6-7H2,1-5H3,(H2,19,20,21,22). The van der Waals surface area contributed by atoms with Crippen molar-refractivity contribution in [1.29, 1.82) is 0 Å². The van der Waals surface area contributed by atoms with Crippen molar-refractivity contribution < 1.29 is 0 Å². The van der Waals surface area contributed by atoms with Crippen LogP contribution in [-0.2, 0) is 6.42 Å². The summed E-state index contributed by atoms with van der Waals surface area (Å²) in [5, 5.41) is 6.81. The fraction of sp³-hybridized carbons (Fsp3) is 0.444. The van der Waals surface area contributed by atoms with Gasteiger partial charge in [0.15, 0.2) is 0 Å². The fourth-order valence-corrected chi connectivity index (χ4v) is 2.37. The summed E-state index contributed by atoms with van der Waals surface area (Å²) in [6.45, 7) is 10.6. The van der Waals surface area contributed by atoms with Crippen LogP contribution in [0.2, 0.25) is 0 Å². The monoisotopic (exact) mass is 298 g/mol. The molecule has 1 heterocycles. The van der Waals surface area contributed by atoms with Crippen molar-refractivity contribution >= 4 is 17.5 Å². The summed E-state index contributed by atoms with van der Waals surface area (Å²) in [6, 6.07) is 8.72. The van der Waals surface area contributed by atoms with Crippen molar-refractivity contribution in [3.63, 3.8) is 0 Å². The van der Waals surface area contributed by atoms with Crippen LogP contribution in [-0.4, -0.2) is 16.0 Å². The highest BCUT2D eigenvalue weighted by Crippen LogP contribution is 2.24. The molecule has 0 amide bonds. The highest BCUT2D eigenvalue weighted by molar-refractivity contribution is 5.64. The molecule has 1 atom stereocenters. The first-order chi connectivity index (χ1) is 10.5. The van der Waals surface area contributed by atoms with Gasteiger partial charge < -0.3 is 10.6 Å². The molecule has 22 heavy (non-hydrogen) atoms. The van der Waals surface area contributed by atoms with Crippen LogP contribution in [0.15, 0.2) is 24.3 Å². The molecular weight excluding hydrogens is 272 g/mol. The summed E-state index contributed by atoms with van der Waals surface area (Å²) in [5.74, 6) is 1.52. The average molecular weight is 298 g/mol. The van der Waals surface area contributed by atoms with Crippen molar-refractivity contribution in [2.75, 3.05) is 10.6 Å². The molecule has 2 rings (SSSR count). The molecule has 2 N–H and O–H groups in total. The summed E-state index contributed by atoms with van der Waals surface area (Å²) in [4.78, 5) is 9.12. The lowest BCUT2D eigenvalue weighted by Gasteiger charge is -2.16. The predicted octanol–water partition coefficient (Wildman–Crippen LogP) is 4.61. The SMILES string of the molecule is CCc1cccc(C)c1Nc1nc(C)cc(NC(C)CC)n1. The minimum Gasteiger partial charge on any atom is -0.367 e. The summed E-state index contributed by atoms with van der Waals surface area (Å²) in [6.07, 6.45) is 2.04. The normalized spacial score (nSPS) is 12.0. The molecule has 0 bridgehead atoms. The van der Waals surface area contributed by atoms with Gasteiger partial charge in [-0.25, -0.2) is 4.98 Å². The highest BCUT2D eigenvalue weighted by Gasteiger charge is 2.09. The molecular formula is C18H26N4. The smallest absolute Gasteiger partial charge is 0.229 e. The zero-order valence-electron chi connectivity index (χ0n) is 14.2. The summed E-state index contributed by atoms with van der Waals surface area (Å²) < 4.78 is 0. The highest BCUT2D eigenvalue weighted by atomic mass is 15.1. The van der Waals surface area contributed by atoms with Crippen LogP contribution in [0.25, 0.3) is 0 Å². The van der Waals surface area contributed by atoms with Crippen LogP contribution in [0.5, 0.6) is 0 Å². The molecule has 0 aliphatic carbocycles. The van der Waals surface area contributed by atoms with Crippen LogP contribution in [0.4, 0.5) is 17.5 Å². The largest absolute Gasteiger partial charge is 0.367 e. The zero-order valence-corrected chi connectivity index (χ0v) is 14.2. The van der Waals surface area contributed by atoms with Crippen molar-refractivity contribution in [3.05, 3.63) is 41.1 Å². The maximum Gasteiger partial charge on any atom is 0.229 e. The number of hydrogen-bond donors (Lipinski definition) is 2. The lowest BCUT2D eigenvalue weighted by Crippen LogP contribution is -2.15. The van der Waals surface area contributed by atoms with E-state index in [1.165, 1.54) is 11.1 Å². The number of rotatable bonds is 6. The molecule has 1 aromatic carbocycles. The third-order valence-electron chi connectivity index (χ3n) is 3.84. The van der Waals surface area contributed by atoms with Gasteiger partial charge >= 0.3 is 0 Å². The third kappa shape index (κ3) is 3.97. The summed E-state index contributed by atoms with van der Waals surface area (Å²) in [7, 11) is 0. The van der Waals surface area contributed by atoms with E-state index in [0.29, 0.717) is 12.0 Å². The Balaban J connectivity index is 2.30. The molecule has 1 aromatic heterocycles. The number of aromatic nitrogens is 2. The van der Waals surface area contributed by atoms with Gasteiger partial charge in [0.05, 0.1) is 0 Å². The Hall–Kier alpha value is -2.10. The number of anilines is 3. The Kier molecular flexibility index (Phi) is 5.36. The Bertz CT molecular complexity index is 637. The van der Waals surface area contributed by atoms with E-state index in [1.54, 1.807) is 0 Å². The molecule has 1 unspecified atom stereocenters. The Morgan fingerprint density at radius 1 is 1.14 bits per heavy atom. The van der Waals surface area contributed by atoms with E-state index in [9.17, 15) is 0 Å². The number of benzene rings is 1. The maximum absolute atomic E-state index is 4.60. The van der Waals surface area contributed by atoms with Gasteiger partial charge in [0.25, 0.3) is 0 Å². The number of nitrogens with one attached hydrogen (secondary N) is 2. The van der Waals surface area contributed by atoms with Crippen LogP contribution in [0.3, 0.4) is 0 Å². The van der Waals surface area contributed by atoms with Gasteiger partial charge in [0, 0.05) is 23.5 Å². The first kappa shape index (κ1) is 16.3. The molecule has 0 saturated heterocycles. The Morgan fingerprint density at radius 2 is 1.91 bits per heavy atom. The quantitative estimate of drug-likeness (QED) is 0.817. The van der Waals surface area contributed by atoms with Gasteiger partial charge in [0.2, 0.25) is 5.95 Å². The first-order valence-corrected chi connectivity index (χ1v) is 8.01. The maximum atomic E-state index is 4.60. The van der Waals surface area contributed by atoms with E-state index in [1.807, 2.05) is 13.0 Å². The van der Waals surface area contributed by atoms with Crippen molar-refractivity contribution in [2.45, 2.75) is 53.5 Å². The molecule has 4 nitrogen and oxygen atoms in total. The van der Waals surface area contributed by atoms with E-state index >= 15 is 0 Å². The van der Waals surface area contributed by atoms with Crippen molar-refractivity contribution in [2.24, 2.45) is 0 Å². The van der Waals surface area contributed by atoms with E-state index in [-0.39, 0.29) is 0 Å². The van der Waals surface area contributed by atoms with Crippen LogP contribution in [0, 0.1) is 13.8 Å². The van der Waals surface area contributed by atoms with Gasteiger partial charge in [-0.1, -0.05) is 32.0 Å². The number of aryl methyl sites for hydroxylation is 3. The number of hydrogen-bond acceptors (Lipinski definition) is 4. The van der Waals surface area contributed by atoms with E-state index in [4.69, 9.17) is 0 Å².